The molecule has 26 heavy (non-hydrogen) atoms. The lowest BCUT2D eigenvalue weighted by molar-refractivity contribution is 0.0946. The maximum atomic E-state index is 12.3. The van der Waals surface area contributed by atoms with Crippen LogP contribution in [0, 0.1) is 0 Å². The highest BCUT2D eigenvalue weighted by Gasteiger charge is 2.22. The van der Waals surface area contributed by atoms with Crippen molar-refractivity contribution < 1.29 is 13.2 Å². The lowest BCUT2D eigenvalue weighted by Crippen LogP contribution is -2.36. The Morgan fingerprint density at radius 2 is 2.35 bits per heavy atom. The van der Waals surface area contributed by atoms with E-state index in [1.165, 1.54) is 22.7 Å². The monoisotopic (exact) mass is 397 g/mol. The molecule has 0 bridgehead atoms. The summed E-state index contributed by atoms with van der Waals surface area (Å²) in [6.07, 6.45) is 3.96. The third-order valence-corrected chi connectivity index (χ3v) is 7.59. The van der Waals surface area contributed by atoms with Gasteiger partial charge in [0.05, 0.1) is 6.04 Å². The van der Waals surface area contributed by atoms with Crippen LogP contribution in [0.2, 0.25) is 0 Å². The van der Waals surface area contributed by atoms with E-state index in [4.69, 9.17) is 0 Å². The van der Waals surface area contributed by atoms with E-state index in [-0.39, 0.29) is 25.0 Å². The van der Waals surface area contributed by atoms with Gasteiger partial charge in [0.2, 0.25) is 0 Å². The maximum absolute atomic E-state index is 12.3. The van der Waals surface area contributed by atoms with Crippen molar-refractivity contribution in [3.05, 3.63) is 35.5 Å². The Morgan fingerprint density at radius 3 is 3.04 bits per heavy atom. The van der Waals surface area contributed by atoms with Gasteiger partial charge in [-0.2, -0.15) is 9.40 Å². The van der Waals surface area contributed by atoms with Crippen LogP contribution in [0.5, 0.6) is 0 Å². The topological polar surface area (TPSA) is 96.3 Å². The van der Waals surface area contributed by atoms with Crippen molar-refractivity contribution >= 4 is 27.3 Å². The Bertz CT molecular complexity index is 826. The number of sulfonamides is 1. The average molecular weight is 398 g/mol. The number of carbonyl (C=O) groups is 1. The number of nitrogens with zero attached hydrogens (tertiary/aromatic N) is 3. The molecule has 1 unspecified atom stereocenters. The number of likely N-dealkylation sites (N-methyl/N-ethyl adjacent to an activating group) is 1. The van der Waals surface area contributed by atoms with Crippen LogP contribution < -0.4 is 10.6 Å². The summed E-state index contributed by atoms with van der Waals surface area (Å²) >= 11 is 1.18. The fraction of sp³-hybridized carbons (Fsp3) is 0.500. The minimum Gasteiger partial charge on any atom is -0.349 e. The molecule has 1 fully saturated rings. The number of thiophene rings is 1. The normalized spacial score (nSPS) is 18.2. The van der Waals surface area contributed by atoms with Gasteiger partial charge in [0.1, 0.15) is 9.90 Å². The zero-order valence-electron chi connectivity index (χ0n) is 14.6. The number of hydrogen-bond acceptors (Lipinski definition) is 6. The van der Waals surface area contributed by atoms with Crippen LogP contribution in [0.3, 0.4) is 0 Å². The van der Waals surface area contributed by atoms with Crippen molar-refractivity contribution in [2.45, 2.75) is 23.1 Å². The van der Waals surface area contributed by atoms with Crippen LogP contribution in [-0.4, -0.2) is 61.6 Å². The third-order valence-electron chi connectivity index (χ3n) is 4.36. The maximum Gasteiger partial charge on any atom is 0.271 e. The van der Waals surface area contributed by atoms with Gasteiger partial charge in [-0.05, 0) is 36.9 Å². The largest absolute Gasteiger partial charge is 0.349 e. The van der Waals surface area contributed by atoms with Gasteiger partial charge in [-0.25, -0.2) is 8.42 Å². The van der Waals surface area contributed by atoms with E-state index in [0.717, 1.165) is 25.9 Å². The minimum absolute atomic E-state index is 0.194. The van der Waals surface area contributed by atoms with Gasteiger partial charge in [0, 0.05) is 32.9 Å². The first-order valence-corrected chi connectivity index (χ1v) is 10.8. The number of hydrogen-bond donors (Lipinski definition) is 2. The lowest BCUT2D eigenvalue weighted by Gasteiger charge is -2.22. The first-order chi connectivity index (χ1) is 12.5. The number of amides is 1. The van der Waals surface area contributed by atoms with Crippen molar-refractivity contribution in [3.8, 4) is 0 Å². The van der Waals surface area contributed by atoms with Gasteiger partial charge in [-0.15, -0.1) is 11.3 Å². The fourth-order valence-corrected chi connectivity index (χ4v) is 5.20. The highest BCUT2D eigenvalue weighted by molar-refractivity contribution is 7.91. The van der Waals surface area contributed by atoms with Gasteiger partial charge in [0.25, 0.3) is 15.9 Å². The Morgan fingerprint density at radius 1 is 1.50 bits per heavy atom. The Labute approximate surface area is 157 Å². The van der Waals surface area contributed by atoms with Gasteiger partial charge in [-0.1, -0.05) is 6.07 Å². The fourth-order valence-electron chi connectivity index (χ4n) is 2.82. The van der Waals surface area contributed by atoms with Crippen molar-refractivity contribution in [1.82, 2.24) is 24.7 Å². The number of rotatable bonds is 7. The second-order valence-corrected chi connectivity index (χ2v) is 9.42. The SMILES string of the molecule is CN(CCNC(=O)c1ccn(C2CCCNC2)n1)S(=O)(=O)c1cccs1. The Balaban J connectivity index is 1.50. The van der Waals surface area contributed by atoms with E-state index in [1.807, 2.05) is 10.9 Å². The second kappa shape index (κ2) is 8.30. The standard InChI is InChI=1S/C16H23N5O3S2/c1-20(26(23,24)15-5-3-11-25-15)10-8-18-16(22)14-6-9-21(19-14)13-4-2-7-17-12-13/h3,5-6,9,11,13,17H,2,4,7-8,10,12H2,1H3,(H,18,22). The summed E-state index contributed by atoms with van der Waals surface area (Å²) in [6.45, 7) is 2.29. The van der Waals surface area contributed by atoms with Gasteiger partial charge in [-0.3, -0.25) is 9.48 Å². The molecule has 0 spiro atoms. The molecule has 3 rings (SSSR count). The van der Waals surface area contributed by atoms with E-state index in [2.05, 4.69) is 15.7 Å². The van der Waals surface area contributed by atoms with Crippen LogP contribution in [0.25, 0.3) is 0 Å². The molecule has 8 nitrogen and oxygen atoms in total. The zero-order chi connectivity index (χ0) is 18.6. The molecule has 10 heteroatoms. The predicted octanol–water partition coefficient (Wildman–Crippen LogP) is 0.920. The van der Waals surface area contributed by atoms with E-state index < -0.39 is 10.0 Å². The molecule has 0 aromatic carbocycles. The molecule has 142 valence electrons. The van der Waals surface area contributed by atoms with Crippen LogP contribution in [0.15, 0.2) is 34.0 Å². The quantitative estimate of drug-likeness (QED) is 0.724. The molecule has 1 aliphatic heterocycles. The summed E-state index contributed by atoms with van der Waals surface area (Å²) in [6, 6.07) is 5.23. The molecule has 1 atom stereocenters. The van der Waals surface area contributed by atoms with Crippen LogP contribution in [0.1, 0.15) is 29.4 Å². The molecule has 1 aliphatic rings. The Hall–Kier alpha value is -1.75. The van der Waals surface area contributed by atoms with Crippen molar-refractivity contribution in [2.24, 2.45) is 0 Å². The predicted molar refractivity (Wildman–Crippen MR) is 99.8 cm³/mol. The molecule has 0 radical (unpaired) electrons. The zero-order valence-corrected chi connectivity index (χ0v) is 16.2. The molecule has 1 amide bonds. The van der Waals surface area contributed by atoms with Crippen LogP contribution in [-0.2, 0) is 10.0 Å². The molecule has 2 aromatic heterocycles. The van der Waals surface area contributed by atoms with Crippen LogP contribution in [0.4, 0.5) is 0 Å². The first-order valence-electron chi connectivity index (χ1n) is 8.52. The summed E-state index contributed by atoms with van der Waals surface area (Å²) in [5, 5.41) is 12.1. The average Bonchev–Trinajstić information content (AvgIpc) is 3.34. The summed E-state index contributed by atoms with van der Waals surface area (Å²) in [7, 11) is -1.99. The highest BCUT2D eigenvalue weighted by Crippen LogP contribution is 2.19. The van der Waals surface area contributed by atoms with E-state index in [1.54, 1.807) is 23.6 Å². The molecule has 1 saturated heterocycles. The van der Waals surface area contributed by atoms with E-state index in [9.17, 15) is 13.2 Å². The lowest BCUT2D eigenvalue weighted by atomic mass is 10.1. The number of carbonyl (C=O) groups excluding carboxylic acids is 1. The summed E-state index contributed by atoms with van der Waals surface area (Å²) in [5.74, 6) is -0.297. The molecule has 2 aromatic rings. The molecular formula is C16H23N5O3S2. The van der Waals surface area contributed by atoms with E-state index >= 15 is 0 Å². The van der Waals surface area contributed by atoms with E-state index in [0.29, 0.717) is 9.90 Å². The molecular weight excluding hydrogens is 374 g/mol. The number of nitrogens with one attached hydrogen (secondary N) is 2. The van der Waals surface area contributed by atoms with Gasteiger partial charge < -0.3 is 10.6 Å². The first kappa shape index (κ1) is 19.0. The molecule has 3 heterocycles. The summed E-state index contributed by atoms with van der Waals surface area (Å²) in [4.78, 5) is 12.2. The third kappa shape index (κ3) is 4.32. The van der Waals surface area contributed by atoms with Gasteiger partial charge >= 0.3 is 0 Å². The number of piperidine rings is 1. The van der Waals surface area contributed by atoms with Crippen molar-refractivity contribution in [1.29, 1.82) is 0 Å². The van der Waals surface area contributed by atoms with Crippen molar-refractivity contribution in [3.63, 3.8) is 0 Å². The molecule has 0 aliphatic carbocycles. The summed E-state index contributed by atoms with van der Waals surface area (Å²) in [5.41, 5.74) is 0.347. The number of aromatic nitrogens is 2. The second-order valence-electron chi connectivity index (χ2n) is 6.20. The highest BCUT2D eigenvalue weighted by atomic mass is 32.2. The minimum atomic E-state index is -3.49. The Kier molecular flexibility index (Phi) is 6.07. The molecule has 2 N–H and O–H groups in total. The smallest absolute Gasteiger partial charge is 0.271 e. The van der Waals surface area contributed by atoms with Gasteiger partial charge in [0.15, 0.2) is 0 Å². The summed E-state index contributed by atoms with van der Waals surface area (Å²) < 4.78 is 28.0. The van der Waals surface area contributed by atoms with Crippen LogP contribution >= 0.6 is 11.3 Å². The van der Waals surface area contributed by atoms with Crippen molar-refractivity contribution in [2.75, 3.05) is 33.2 Å². The molecule has 0 saturated carbocycles.